The van der Waals surface area contributed by atoms with Gasteiger partial charge in [0.15, 0.2) is 0 Å². The van der Waals surface area contributed by atoms with Crippen molar-refractivity contribution in [2.75, 3.05) is 20.1 Å². The van der Waals surface area contributed by atoms with Gasteiger partial charge >= 0.3 is 6.03 Å². The van der Waals surface area contributed by atoms with E-state index in [1.807, 2.05) is 30.3 Å². The zero-order valence-corrected chi connectivity index (χ0v) is 13.0. The van der Waals surface area contributed by atoms with Crippen molar-refractivity contribution in [1.29, 1.82) is 0 Å². The highest BCUT2D eigenvalue weighted by Gasteiger charge is 2.19. The number of likely N-dealkylation sites (N-methyl/N-ethyl adjacent to an activating group) is 1. The molecule has 0 aliphatic carbocycles. The average molecular weight is 293 g/mol. The number of aliphatic hydroxyl groups is 1. The number of nitrogens with one attached hydrogen (secondary N) is 1. The Morgan fingerprint density at radius 3 is 2.67 bits per heavy atom. The Morgan fingerprint density at radius 1 is 1.38 bits per heavy atom. The van der Waals surface area contributed by atoms with Gasteiger partial charge < -0.3 is 21.1 Å². The van der Waals surface area contributed by atoms with Gasteiger partial charge in [0.05, 0.1) is 6.10 Å². The van der Waals surface area contributed by atoms with Crippen molar-refractivity contribution in [3.8, 4) is 0 Å². The molecule has 21 heavy (non-hydrogen) atoms. The molecule has 1 rings (SSSR count). The number of urea groups is 1. The number of unbranched alkanes of at least 4 members (excludes halogenated alkanes) is 1. The van der Waals surface area contributed by atoms with E-state index in [-0.39, 0.29) is 12.6 Å². The van der Waals surface area contributed by atoms with Crippen LogP contribution < -0.4 is 11.1 Å². The summed E-state index contributed by atoms with van der Waals surface area (Å²) in [5.74, 6) is 0. The van der Waals surface area contributed by atoms with Gasteiger partial charge in [-0.2, -0.15) is 0 Å². The van der Waals surface area contributed by atoms with Crippen LogP contribution in [-0.4, -0.2) is 48.3 Å². The van der Waals surface area contributed by atoms with Gasteiger partial charge in [-0.15, -0.1) is 0 Å². The minimum Gasteiger partial charge on any atom is -0.390 e. The second-order valence-electron chi connectivity index (χ2n) is 5.39. The molecule has 0 radical (unpaired) electrons. The van der Waals surface area contributed by atoms with Gasteiger partial charge in [0.1, 0.15) is 0 Å². The molecule has 1 aromatic carbocycles. The molecule has 0 heterocycles. The lowest BCUT2D eigenvalue weighted by atomic mass is 10.0. The van der Waals surface area contributed by atoms with Crippen LogP contribution >= 0.6 is 0 Å². The van der Waals surface area contributed by atoms with Crippen LogP contribution in [0.25, 0.3) is 0 Å². The molecule has 118 valence electrons. The standard InChI is InChI=1S/C16H27N3O2/c1-3-4-10-18-16(21)19(2)12-15(20)14(17)11-13-8-6-5-7-9-13/h5-9,14-15,20H,3-4,10-12,17H2,1-2H3,(H,18,21)/t14-,15+/m0/s1. The number of carbonyl (C=O) groups excluding carboxylic acids is 1. The van der Waals surface area contributed by atoms with E-state index < -0.39 is 12.1 Å². The summed E-state index contributed by atoms with van der Waals surface area (Å²) in [6.07, 6.45) is 1.84. The van der Waals surface area contributed by atoms with Crippen LogP contribution in [0.1, 0.15) is 25.3 Å². The summed E-state index contributed by atoms with van der Waals surface area (Å²) in [6.45, 7) is 2.96. The molecule has 0 unspecified atom stereocenters. The monoisotopic (exact) mass is 293 g/mol. The number of aliphatic hydroxyl groups excluding tert-OH is 1. The first-order valence-electron chi connectivity index (χ1n) is 7.51. The molecular formula is C16H27N3O2. The molecule has 2 amide bonds. The second-order valence-corrected chi connectivity index (χ2v) is 5.39. The lowest BCUT2D eigenvalue weighted by molar-refractivity contribution is 0.109. The fourth-order valence-electron chi connectivity index (χ4n) is 2.03. The predicted molar refractivity (Wildman–Crippen MR) is 85.1 cm³/mol. The fraction of sp³-hybridized carbons (Fsp3) is 0.562. The van der Waals surface area contributed by atoms with E-state index >= 15 is 0 Å². The summed E-state index contributed by atoms with van der Waals surface area (Å²) in [5, 5.41) is 12.9. The maximum absolute atomic E-state index is 11.8. The van der Waals surface area contributed by atoms with Crippen LogP contribution in [0.4, 0.5) is 4.79 Å². The number of rotatable bonds is 8. The van der Waals surface area contributed by atoms with Crippen LogP contribution in [0.5, 0.6) is 0 Å². The number of hydrogen-bond acceptors (Lipinski definition) is 3. The largest absolute Gasteiger partial charge is 0.390 e. The van der Waals surface area contributed by atoms with Gasteiger partial charge in [-0.05, 0) is 18.4 Å². The van der Waals surface area contributed by atoms with Crippen molar-refractivity contribution in [2.24, 2.45) is 5.73 Å². The van der Waals surface area contributed by atoms with Gasteiger partial charge in [-0.25, -0.2) is 4.79 Å². The number of benzene rings is 1. The Balaban J connectivity index is 2.37. The maximum Gasteiger partial charge on any atom is 0.317 e. The summed E-state index contributed by atoms with van der Waals surface area (Å²) in [5.41, 5.74) is 7.09. The molecule has 0 fully saturated rings. The van der Waals surface area contributed by atoms with E-state index in [1.165, 1.54) is 4.90 Å². The Bertz CT molecular complexity index is 411. The first kappa shape index (κ1) is 17.5. The van der Waals surface area contributed by atoms with Crippen molar-refractivity contribution in [2.45, 2.75) is 38.3 Å². The van der Waals surface area contributed by atoms with E-state index in [1.54, 1.807) is 7.05 Å². The van der Waals surface area contributed by atoms with Crippen molar-refractivity contribution in [1.82, 2.24) is 10.2 Å². The SMILES string of the molecule is CCCCNC(=O)N(C)C[C@@H](O)[C@@H](N)Cc1ccccc1. The molecule has 4 N–H and O–H groups in total. The third-order valence-electron chi connectivity index (χ3n) is 3.42. The van der Waals surface area contributed by atoms with E-state index in [4.69, 9.17) is 5.73 Å². The first-order valence-corrected chi connectivity index (χ1v) is 7.51. The average Bonchev–Trinajstić information content (AvgIpc) is 2.48. The van der Waals surface area contributed by atoms with Gasteiger partial charge in [-0.3, -0.25) is 0 Å². The molecule has 0 saturated heterocycles. The highest BCUT2D eigenvalue weighted by Crippen LogP contribution is 2.05. The van der Waals surface area contributed by atoms with E-state index in [0.29, 0.717) is 13.0 Å². The van der Waals surface area contributed by atoms with Crippen molar-refractivity contribution >= 4 is 6.03 Å². The summed E-state index contributed by atoms with van der Waals surface area (Å²) < 4.78 is 0. The topological polar surface area (TPSA) is 78.6 Å². The number of nitrogens with zero attached hydrogens (tertiary/aromatic N) is 1. The predicted octanol–water partition coefficient (Wildman–Crippen LogP) is 1.36. The molecule has 0 bridgehead atoms. The minimum absolute atomic E-state index is 0.172. The lowest BCUT2D eigenvalue weighted by Gasteiger charge is -2.25. The van der Waals surface area contributed by atoms with Crippen LogP contribution in [0, 0.1) is 0 Å². The van der Waals surface area contributed by atoms with E-state index in [0.717, 1.165) is 18.4 Å². The Morgan fingerprint density at radius 2 is 2.05 bits per heavy atom. The zero-order valence-electron chi connectivity index (χ0n) is 13.0. The Labute approximate surface area is 127 Å². The summed E-state index contributed by atoms with van der Waals surface area (Å²) >= 11 is 0. The van der Waals surface area contributed by atoms with Gasteiger partial charge in [0, 0.05) is 26.2 Å². The Hall–Kier alpha value is -1.59. The van der Waals surface area contributed by atoms with Crippen LogP contribution in [0.15, 0.2) is 30.3 Å². The van der Waals surface area contributed by atoms with Crippen molar-refractivity contribution in [3.05, 3.63) is 35.9 Å². The fourth-order valence-corrected chi connectivity index (χ4v) is 2.03. The van der Waals surface area contributed by atoms with E-state index in [9.17, 15) is 9.90 Å². The van der Waals surface area contributed by atoms with Crippen LogP contribution in [0.3, 0.4) is 0 Å². The number of amides is 2. The van der Waals surface area contributed by atoms with Gasteiger partial charge in [-0.1, -0.05) is 43.7 Å². The Kier molecular flexibility index (Phi) is 7.79. The summed E-state index contributed by atoms with van der Waals surface area (Å²) in [4.78, 5) is 13.3. The number of nitrogens with two attached hydrogens (primary N) is 1. The third kappa shape index (κ3) is 6.60. The third-order valence-corrected chi connectivity index (χ3v) is 3.42. The maximum atomic E-state index is 11.8. The van der Waals surface area contributed by atoms with Gasteiger partial charge in [0.25, 0.3) is 0 Å². The molecule has 0 aromatic heterocycles. The smallest absolute Gasteiger partial charge is 0.317 e. The van der Waals surface area contributed by atoms with Gasteiger partial charge in [0.2, 0.25) is 0 Å². The highest BCUT2D eigenvalue weighted by atomic mass is 16.3. The zero-order chi connectivity index (χ0) is 15.7. The molecule has 0 aliphatic rings. The van der Waals surface area contributed by atoms with Crippen molar-refractivity contribution < 1.29 is 9.90 Å². The van der Waals surface area contributed by atoms with E-state index in [2.05, 4.69) is 12.2 Å². The highest BCUT2D eigenvalue weighted by molar-refractivity contribution is 5.73. The number of carbonyl (C=O) groups is 1. The molecular weight excluding hydrogens is 266 g/mol. The normalized spacial score (nSPS) is 13.5. The van der Waals surface area contributed by atoms with Crippen LogP contribution in [0.2, 0.25) is 0 Å². The molecule has 1 aromatic rings. The second kappa shape index (κ2) is 9.37. The lowest BCUT2D eigenvalue weighted by Crippen LogP contribution is -2.47. The summed E-state index contributed by atoms with van der Waals surface area (Å²) in [6, 6.07) is 9.23. The molecule has 0 aliphatic heterocycles. The molecule has 5 heteroatoms. The molecule has 2 atom stereocenters. The quantitative estimate of drug-likeness (QED) is 0.633. The minimum atomic E-state index is -0.743. The molecule has 0 spiro atoms. The summed E-state index contributed by atoms with van der Waals surface area (Å²) in [7, 11) is 1.67. The number of hydrogen-bond donors (Lipinski definition) is 3. The first-order chi connectivity index (χ1) is 10.0. The molecule has 0 saturated carbocycles. The van der Waals surface area contributed by atoms with Crippen molar-refractivity contribution in [3.63, 3.8) is 0 Å². The molecule has 5 nitrogen and oxygen atoms in total. The van der Waals surface area contributed by atoms with Crippen LogP contribution in [-0.2, 0) is 6.42 Å².